The van der Waals surface area contributed by atoms with Crippen LogP contribution < -0.4 is 0 Å². The minimum absolute atomic E-state index is 0.0288. The van der Waals surface area contributed by atoms with Crippen LogP contribution in [-0.4, -0.2) is 31.0 Å². The summed E-state index contributed by atoms with van der Waals surface area (Å²) in [6.07, 6.45) is 0.196. The number of hydrogen-bond donors (Lipinski definition) is 1. The molecule has 1 N–H and O–H groups in total. The summed E-state index contributed by atoms with van der Waals surface area (Å²) in [6, 6.07) is 2.85. The van der Waals surface area contributed by atoms with E-state index in [1.807, 2.05) is 0 Å². The zero-order chi connectivity index (χ0) is 14.9. The highest BCUT2D eigenvalue weighted by Gasteiger charge is 2.37. The van der Waals surface area contributed by atoms with Gasteiger partial charge in [-0.15, -0.1) is 0 Å². The van der Waals surface area contributed by atoms with Gasteiger partial charge in [-0.05, 0) is 36.5 Å². The maximum atomic E-state index is 13.1. The number of halogens is 2. The molecule has 1 heterocycles. The molecule has 7 heteroatoms. The number of rotatable bonds is 4. The predicted octanol–water partition coefficient (Wildman–Crippen LogP) is 1.64. The molecule has 0 amide bonds. The van der Waals surface area contributed by atoms with Crippen molar-refractivity contribution >= 4 is 15.8 Å². The van der Waals surface area contributed by atoms with Crippen LogP contribution in [0.15, 0.2) is 18.2 Å². The summed E-state index contributed by atoms with van der Waals surface area (Å²) in [7, 11) is -3.19. The van der Waals surface area contributed by atoms with E-state index in [4.69, 9.17) is 0 Å². The largest absolute Gasteiger partial charge is 0.481 e. The third kappa shape index (κ3) is 3.53. The van der Waals surface area contributed by atoms with Crippen molar-refractivity contribution in [1.82, 2.24) is 0 Å². The van der Waals surface area contributed by atoms with Crippen molar-refractivity contribution < 1.29 is 27.1 Å². The van der Waals surface area contributed by atoms with Crippen molar-refractivity contribution in [1.29, 1.82) is 0 Å². The lowest BCUT2D eigenvalue weighted by molar-refractivity contribution is -0.143. The molecule has 110 valence electrons. The van der Waals surface area contributed by atoms with Gasteiger partial charge in [0.05, 0.1) is 17.4 Å². The van der Waals surface area contributed by atoms with Crippen molar-refractivity contribution in [2.24, 2.45) is 11.8 Å². The first-order valence-electron chi connectivity index (χ1n) is 6.15. The molecule has 0 bridgehead atoms. The molecular weight excluding hydrogens is 290 g/mol. The Labute approximate surface area is 115 Å². The maximum Gasteiger partial charge on any atom is 0.307 e. The zero-order valence-corrected chi connectivity index (χ0v) is 11.4. The van der Waals surface area contributed by atoms with Gasteiger partial charge in [-0.2, -0.15) is 0 Å². The van der Waals surface area contributed by atoms with Gasteiger partial charge in [0.2, 0.25) is 0 Å². The van der Waals surface area contributed by atoms with Crippen LogP contribution in [-0.2, 0) is 21.1 Å². The third-order valence-corrected chi connectivity index (χ3v) is 5.33. The summed E-state index contributed by atoms with van der Waals surface area (Å²) in [6.45, 7) is 0. The van der Waals surface area contributed by atoms with Crippen LogP contribution in [0.25, 0.3) is 0 Å². The molecule has 1 saturated heterocycles. The normalized spacial score (nSPS) is 22.6. The Morgan fingerprint density at radius 1 is 1.30 bits per heavy atom. The minimum Gasteiger partial charge on any atom is -0.481 e. The number of sulfone groups is 1. The molecule has 2 rings (SSSR count). The molecule has 1 aromatic rings. The van der Waals surface area contributed by atoms with Crippen molar-refractivity contribution in [3.8, 4) is 0 Å². The van der Waals surface area contributed by atoms with Crippen molar-refractivity contribution in [2.75, 3.05) is 11.5 Å². The monoisotopic (exact) mass is 304 g/mol. The maximum absolute atomic E-state index is 13.1. The van der Waals surface area contributed by atoms with Gasteiger partial charge in [0.25, 0.3) is 0 Å². The lowest BCUT2D eigenvalue weighted by Gasteiger charge is -2.18. The average Bonchev–Trinajstić information content (AvgIpc) is 2.64. The van der Waals surface area contributed by atoms with Gasteiger partial charge in [-0.1, -0.05) is 0 Å². The second-order valence-electron chi connectivity index (χ2n) is 5.09. The Hall–Kier alpha value is -1.50. The lowest BCUT2D eigenvalue weighted by Crippen LogP contribution is -2.26. The standard InChI is InChI=1S/C13H14F2O4S/c14-10-3-8(4-11(15)6-10)5-12(13(16)17)9-1-2-20(18,19)7-9/h3-4,6,9,12H,1-2,5,7H2,(H,16,17). The van der Waals surface area contributed by atoms with Gasteiger partial charge in [0, 0.05) is 6.07 Å². The number of benzene rings is 1. The van der Waals surface area contributed by atoms with Crippen LogP contribution in [0.4, 0.5) is 8.78 Å². The number of carboxylic acid groups (broad SMARTS) is 1. The van der Waals surface area contributed by atoms with Crippen LogP contribution in [0.2, 0.25) is 0 Å². The smallest absolute Gasteiger partial charge is 0.307 e. The Bertz CT molecular complexity index is 607. The highest BCUT2D eigenvalue weighted by molar-refractivity contribution is 7.91. The van der Waals surface area contributed by atoms with E-state index in [1.54, 1.807) is 0 Å². The van der Waals surface area contributed by atoms with Crippen LogP contribution in [0.3, 0.4) is 0 Å². The topological polar surface area (TPSA) is 71.4 Å². The summed E-state index contributed by atoms with van der Waals surface area (Å²) >= 11 is 0. The first-order chi connectivity index (χ1) is 9.27. The molecule has 0 aliphatic carbocycles. The molecule has 2 unspecified atom stereocenters. The SMILES string of the molecule is O=C(O)C(Cc1cc(F)cc(F)c1)C1CCS(=O)(=O)C1. The van der Waals surface area contributed by atoms with E-state index in [0.717, 1.165) is 12.1 Å². The Morgan fingerprint density at radius 2 is 1.90 bits per heavy atom. The fourth-order valence-electron chi connectivity index (χ4n) is 2.58. The summed E-state index contributed by atoms with van der Waals surface area (Å²) in [4.78, 5) is 11.3. The molecule has 20 heavy (non-hydrogen) atoms. The third-order valence-electron chi connectivity index (χ3n) is 3.53. The van der Waals surface area contributed by atoms with E-state index >= 15 is 0 Å². The number of carbonyl (C=O) groups is 1. The van der Waals surface area contributed by atoms with Crippen molar-refractivity contribution in [2.45, 2.75) is 12.8 Å². The molecule has 0 aromatic heterocycles. The van der Waals surface area contributed by atoms with Crippen LogP contribution in [0, 0.1) is 23.5 Å². The van der Waals surface area contributed by atoms with Gasteiger partial charge in [-0.3, -0.25) is 4.79 Å². The molecular formula is C13H14F2O4S. The number of hydrogen-bond acceptors (Lipinski definition) is 3. The highest BCUT2D eigenvalue weighted by atomic mass is 32.2. The fourth-order valence-corrected chi connectivity index (χ4v) is 4.46. The van der Waals surface area contributed by atoms with Crippen LogP contribution in [0.1, 0.15) is 12.0 Å². The molecule has 0 saturated carbocycles. The Morgan fingerprint density at radius 3 is 2.35 bits per heavy atom. The minimum atomic E-state index is -3.19. The molecule has 2 atom stereocenters. The van der Waals surface area contributed by atoms with Gasteiger partial charge in [-0.25, -0.2) is 17.2 Å². The fraction of sp³-hybridized carbons (Fsp3) is 0.462. The molecule has 1 aliphatic rings. The van der Waals surface area contributed by atoms with Crippen molar-refractivity contribution in [3.63, 3.8) is 0 Å². The van der Waals surface area contributed by atoms with E-state index < -0.39 is 39.3 Å². The number of carboxylic acids is 1. The van der Waals surface area contributed by atoms with E-state index in [-0.39, 0.29) is 29.9 Å². The van der Waals surface area contributed by atoms with Gasteiger partial charge < -0.3 is 5.11 Å². The van der Waals surface area contributed by atoms with E-state index in [2.05, 4.69) is 0 Å². The summed E-state index contributed by atoms with van der Waals surface area (Å²) < 4.78 is 49.0. The molecule has 0 radical (unpaired) electrons. The second-order valence-corrected chi connectivity index (χ2v) is 7.32. The molecule has 1 fully saturated rings. The zero-order valence-electron chi connectivity index (χ0n) is 10.6. The first kappa shape index (κ1) is 14.9. The van der Waals surface area contributed by atoms with Gasteiger partial charge in [0.15, 0.2) is 9.84 Å². The predicted molar refractivity (Wildman–Crippen MR) is 67.9 cm³/mol. The van der Waals surface area contributed by atoms with E-state index in [9.17, 15) is 27.1 Å². The second kappa shape index (κ2) is 5.47. The summed E-state index contributed by atoms with van der Waals surface area (Å²) in [5, 5.41) is 9.22. The Balaban J connectivity index is 2.20. The summed E-state index contributed by atoms with van der Waals surface area (Å²) in [5.41, 5.74) is 0.221. The van der Waals surface area contributed by atoms with Gasteiger partial charge >= 0.3 is 5.97 Å². The lowest BCUT2D eigenvalue weighted by atomic mass is 9.86. The molecule has 4 nitrogen and oxygen atoms in total. The molecule has 1 aliphatic heterocycles. The molecule has 0 spiro atoms. The summed E-state index contributed by atoms with van der Waals surface area (Å²) in [5.74, 6) is -4.36. The average molecular weight is 304 g/mol. The van der Waals surface area contributed by atoms with Crippen LogP contribution >= 0.6 is 0 Å². The van der Waals surface area contributed by atoms with E-state index in [0.29, 0.717) is 6.07 Å². The van der Waals surface area contributed by atoms with Crippen molar-refractivity contribution in [3.05, 3.63) is 35.4 Å². The van der Waals surface area contributed by atoms with Crippen LogP contribution in [0.5, 0.6) is 0 Å². The Kier molecular flexibility index (Phi) is 4.08. The highest BCUT2D eigenvalue weighted by Crippen LogP contribution is 2.29. The molecule has 1 aromatic carbocycles. The van der Waals surface area contributed by atoms with E-state index in [1.165, 1.54) is 0 Å². The quantitative estimate of drug-likeness (QED) is 0.918. The first-order valence-corrected chi connectivity index (χ1v) is 7.97. The van der Waals surface area contributed by atoms with Gasteiger partial charge in [0.1, 0.15) is 11.6 Å². The number of aliphatic carboxylic acids is 1.